The molecule has 0 radical (unpaired) electrons. The lowest BCUT2D eigenvalue weighted by Crippen LogP contribution is -2.18. The van der Waals surface area contributed by atoms with Crippen LogP contribution in [0.3, 0.4) is 0 Å². The first kappa shape index (κ1) is 21.3. The van der Waals surface area contributed by atoms with Crippen molar-refractivity contribution in [1.82, 2.24) is 0 Å². The summed E-state index contributed by atoms with van der Waals surface area (Å²) in [6.07, 6.45) is 0. The molecule has 3 aromatic carbocycles. The van der Waals surface area contributed by atoms with Gasteiger partial charge in [-0.1, -0.05) is 64.6 Å². The van der Waals surface area contributed by atoms with Gasteiger partial charge in [-0.2, -0.15) is 0 Å². The number of aromatic carboxylic acids is 1. The van der Waals surface area contributed by atoms with E-state index < -0.39 is 17.4 Å². The van der Waals surface area contributed by atoms with E-state index in [0.29, 0.717) is 17.2 Å². The Balaban J connectivity index is 1.86. The fourth-order valence-electron chi connectivity index (χ4n) is 2.47. The van der Waals surface area contributed by atoms with Gasteiger partial charge in [0.2, 0.25) is 0 Å². The summed E-state index contributed by atoms with van der Waals surface area (Å²) in [5, 5.41) is 10.9. The molecule has 0 unspecified atom stereocenters. The summed E-state index contributed by atoms with van der Waals surface area (Å²) in [6.45, 7) is 0. The lowest BCUT2D eigenvalue weighted by Gasteiger charge is -2.14. The van der Waals surface area contributed by atoms with Crippen molar-refractivity contribution in [2.24, 2.45) is 0 Å². The van der Waals surface area contributed by atoms with Crippen LogP contribution >= 0.6 is 46.4 Å². The smallest absolute Gasteiger partial charge is 0.338 e. The Labute approximate surface area is 185 Å². The molecule has 0 aliphatic heterocycles. The lowest BCUT2D eigenvalue weighted by atomic mass is 10.1. The third-order valence-electron chi connectivity index (χ3n) is 3.80. The van der Waals surface area contributed by atoms with Gasteiger partial charge in [0.25, 0.3) is 5.91 Å². The Bertz CT molecular complexity index is 1090. The maximum Gasteiger partial charge on any atom is 0.338 e. The van der Waals surface area contributed by atoms with E-state index in [2.05, 4.69) is 5.32 Å². The maximum absolute atomic E-state index is 12.7. The molecular formula is C20H11Cl4NO4. The Kier molecular flexibility index (Phi) is 6.55. The Morgan fingerprint density at radius 2 is 1.24 bits per heavy atom. The molecule has 9 heteroatoms. The van der Waals surface area contributed by atoms with Crippen molar-refractivity contribution in [3.63, 3.8) is 0 Å². The number of ether oxygens (including phenoxy) is 1. The third-order valence-corrected chi connectivity index (χ3v) is 5.60. The van der Waals surface area contributed by atoms with E-state index >= 15 is 0 Å². The van der Waals surface area contributed by atoms with E-state index in [0.717, 1.165) is 0 Å². The van der Waals surface area contributed by atoms with Gasteiger partial charge in [0, 0.05) is 5.69 Å². The Morgan fingerprint density at radius 1 is 0.724 bits per heavy atom. The summed E-state index contributed by atoms with van der Waals surface area (Å²) in [4.78, 5) is 24.3. The summed E-state index contributed by atoms with van der Waals surface area (Å²) in [7, 11) is 0. The minimum Gasteiger partial charge on any atom is -0.478 e. The number of carbonyl (C=O) groups excluding carboxylic acids is 1. The van der Waals surface area contributed by atoms with Gasteiger partial charge >= 0.3 is 5.97 Å². The van der Waals surface area contributed by atoms with E-state index in [9.17, 15) is 14.7 Å². The predicted molar refractivity (Wildman–Crippen MR) is 114 cm³/mol. The second kappa shape index (κ2) is 8.93. The fourth-order valence-corrected chi connectivity index (χ4v) is 3.49. The monoisotopic (exact) mass is 469 g/mol. The van der Waals surface area contributed by atoms with Crippen molar-refractivity contribution in [2.45, 2.75) is 0 Å². The number of halogens is 4. The van der Waals surface area contributed by atoms with Crippen molar-refractivity contribution < 1.29 is 19.4 Å². The molecule has 3 aromatic rings. The van der Waals surface area contributed by atoms with Crippen molar-refractivity contribution in [3.05, 3.63) is 85.8 Å². The number of carboxylic acid groups (broad SMARTS) is 1. The van der Waals surface area contributed by atoms with Crippen LogP contribution in [0.15, 0.2) is 54.6 Å². The van der Waals surface area contributed by atoms with Crippen LogP contribution < -0.4 is 10.1 Å². The van der Waals surface area contributed by atoms with Gasteiger partial charge in [0.05, 0.1) is 31.2 Å². The number of rotatable bonds is 5. The minimum absolute atomic E-state index is 0.208. The number of hydrogen-bond donors (Lipinski definition) is 2. The molecular weight excluding hydrogens is 460 g/mol. The van der Waals surface area contributed by atoms with Gasteiger partial charge in [-0.15, -0.1) is 0 Å². The number of benzene rings is 3. The third kappa shape index (κ3) is 4.60. The average molecular weight is 471 g/mol. The van der Waals surface area contributed by atoms with Crippen LogP contribution in [0.2, 0.25) is 20.1 Å². The molecule has 0 saturated heterocycles. The molecule has 2 N–H and O–H groups in total. The van der Waals surface area contributed by atoms with Crippen LogP contribution in [0.4, 0.5) is 5.69 Å². The van der Waals surface area contributed by atoms with E-state index in [4.69, 9.17) is 51.1 Å². The average Bonchev–Trinajstić information content (AvgIpc) is 2.70. The van der Waals surface area contributed by atoms with Crippen LogP contribution in [0.25, 0.3) is 0 Å². The van der Waals surface area contributed by atoms with Crippen molar-refractivity contribution in [1.29, 1.82) is 0 Å². The normalized spacial score (nSPS) is 10.5. The molecule has 0 bridgehead atoms. The number of carbonyl (C=O) groups is 2. The number of anilines is 1. The molecule has 0 aliphatic carbocycles. The second-order valence-electron chi connectivity index (χ2n) is 5.70. The van der Waals surface area contributed by atoms with Gasteiger partial charge in [0.15, 0.2) is 0 Å². The minimum atomic E-state index is -1.47. The molecule has 0 fully saturated rings. The topological polar surface area (TPSA) is 75.6 Å². The molecule has 148 valence electrons. The zero-order valence-corrected chi connectivity index (χ0v) is 17.4. The zero-order chi connectivity index (χ0) is 21.1. The van der Waals surface area contributed by atoms with Crippen LogP contribution in [0.5, 0.6) is 11.5 Å². The summed E-state index contributed by atoms with van der Waals surface area (Å²) in [5.41, 5.74) is -0.541. The van der Waals surface area contributed by atoms with Crippen molar-refractivity contribution in [3.8, 4) is 11.5 Å². The second-order valence-corrected chi connectivity index (χ2v) is 7.22. The van der Waals surface area contributed by atoms with E-state index in [-0.39, 0.29) is 25.7 Å². The number of para-hydroxylation sites is 1. The summed E-state index contributed by atoms with van der Waals surface area (Å²) in [5.74, 6) is -1.06. The number of hydrogen-bond acceptors (Lipinski definition) is 3. The molecule has 0 heterocycles. The molecule has 0 atom stereocenters. The quantitative estimate of drug-likeness (QED) is 0.309. The van der Waals surface area contributed by atoms with Gasteiger partial charge < -0.3 is 15.2 Å². The highest BCUT2D eigenvalue weighted by atomic mass is 35.5. The first-order valence-electron chi connectivity index (χ1n) is 8.03. The number of nitrogens with one attached hydrogen (secondary N) is 1. The van der Waals surface area contributed by atoms with E-state index in [1.807, 2.05) is 18.2 Å². The first-order valence-corrected chi connectivity index (χ1v) is 9.54. The lowest BCUT2D eigenvalue weighted by molar-refractivity contribution is 0.0692. The van der Waals surface area contributed by atoms with Crippen LogP contribution in [-0.2, 0) is 0 Å². The van der Waals surface area contributed by atoms with Crippen molar-refractivity contribution >= 4 is 64.0 Å². The largest absolute Gasteiger partial charge is 0.478 e. The van der Waals surface area contributed by atoms with E-state index in [1.54, 1.807) is 36.4 Å². The van der Waals surface area contributed by atoms with Crippen molar-refractivity contribution in [2.75, 3.05) is 5.32 Å². The molecule has 0 aromatic heterocycles. The SMILES string of the molecule is O=C(O)c1c(Cl)c(Cl)c(Cl)c(Cl)c1C(=O)Nc1ccc(Oc2ccccc2)cc1. The van der Waals surface area contributed by atoms with Crippen LogP contribution in [0, 0.1) is 0 Å². The predicted octanol–water partition coefficient (Wildman–Crippen LogP) is 7.04. The maximum atomic E-state index is 12.7. The Morgan fingerprint density at radius 3 is 1.79 bits per heavy atom. The highest BCUT2D eigenvalue weighted by Crippen LogP contribution is 2.41. The number of amides is 1. The van der Waals surface area contributed by atoms with Crippen LogP contribution in [-0.4, -0.2) is 17.0 Å². The highest BCUT2D eigenvalue weighted by molar-refractivity contribution is 6.54. The molecule has 1 amide bonds. The molecule has 29 heavy (non-hydrogen) atoms. The molecule has 0 aliphatic rings. The van der Waals surface area contributed by atoms with Gasteiger partial charge in [0.1, 0.15) is 11.5 Å². The summed E-state index contributed by atoms with van der Waals surface area (Å²) in [6, 6.07) is 15.6. The molecule has 3 rings (SSSR count). The van der Waals surface area contributed by atoms with Crippen LogP contribution in [0.1, 0.15) is 20.7 Å². The highest BCUT2D eigenvalue weighted by Gasteiger charge is 2.28. The fraction of sp³-hybridized carbons (Fsp3) is 0. The van der Waals surface area contributed by atoms with Gasteiger partial charge in [-0.05, 0) is 36.4 Å². The zero-order valence-electron chi connectivity index (χ0n) is 14.4. The molecule has 0 saturated carbocycles. The standard InChI is InChI=1S/C20H11Cl4NO4/c21-15-13(14(20(27)28)16(22)18(24)17(15)23)19(26)25-10-6-8-12(9-7-10)29-11-4-2-1-3-5-11/h1-9H,(H,25,26)(H,27,28). The Hall–Kier alpha value is -2.44. The van der Waals surface area contributed by atoms with E-state index in [1.165, 1.54) is 0 Å². The summed E-state index contributed by atoms with van der Waals surface area (Å²) >= 11 is 23.9. The number of carboxylic acids is 1. The molecule has 5 nitrogen and oxygen atoms in total. The summed E-state index contributed by atoms with van der Waals surface area (Å²) < 4.78 is 5.68. The first-order chi connectivity index (χ1) is 13.8. The van der Waals surface area contributed by atoms with Gasteiger partial charge in [-0.25, -0.2) is 4.79 Å². The van der Waals surface area contributed by atoms with Gasteiger partial charge in [-0.3, -0.25) is 4.79 Å². The molecule has 0 spiro atoms.